The maximum absolute atomic E-state index is 12.6. The number of hydrogen-bond donors (Lipinski definition) is 0. The second-order valence-corrected chi connectivity index (χ2v) is 7.35. The smallest absolute Gasteiger partial charge is 0.224 e. The van der Waals surface area contributed by atoms with Crippen LogP contribution in [0.1, 0.15) is 37.3 Å². The Kier molecular flexibility index (Phi) is 4.58. The first-order valence-corrected chi connectivity index (χ1v) is 9.40. The van der Waals surface area contributed by atoms with Gasteiger partial charge < -0.3 is 4.90 Å². The van der Waals surface area contributed by atoms with Crippen LogP contribution in [0.15, 0.2) is 48.5 Å². The Morgan fingerprint density at radius 3 is 2.16 bits per heavy atom. The monoisotopic (exact) mass is 334 g/mol. The molecule has 0 bridgehead atoms. The van der Waals surface area contributed by atoms with Crippen molar-refractivity contribution in [1.82, 2.24) is 9.80 Å². The number of hydrogen-bond acceptors (Lipinski definition) is 2. The first-order chi connectivity index (χ1) is 12.2. The lowest BCUT2D eigenvalue weighted by Gasteiger charge is -2.25. The largest absolute Gasteiger partial charge is 0.340 e. The molecule has 0 aliphatic carbocycles. The van der Waals surface area contributed by atoms with Crippen LogP contribution in [-0.2, 0) is 17.9 Å². The van der Waals surface area contributed by atoms with Crippen LogP contribution in [0.25, 0.3) is 11.1 Å². The number of rotatable bonds is 3. The maximum atomic E-state index is 12.6. The molecule has 25 heavy (non-hydrogen) atoms. The third-order valence-corrected chi connectivity index (χ3v) is 5.63. The van der Waals surface area contributed by atoms with E-state index in [2.05, 4.69) is 65.3 Å². The first-order valence-electron chi connectivity index (χ1n) is 9.40. The lowest BCUT2D eigenvalue weighted by Crippen LogP contribution is -2.36. The molecule has 0 N–H and O–H groups in total. The topological polar surface area (TPSA) is 23.6 Å². The minimum absolute atomic E-state index is 0.316. The van der Waals surface area contributed by atoms with Gasteiger partial charge in [0, 0.05) is 38.6 Å². The van der Waals surface area contributed by atoms with E-state index in [-0.39, 0.29) is 0 Å². The van der Waals surface area contributed by atoms with Crippen molar-refractivity contribution in [3.8, 4) is 11.1 Å². The van der Waals surface area contributed by atoms with Gasteiger partial charge in [-0.15, -0.1) is 0 Å². The van der Waals surface area contributed by atoms with Gasteiger partial charge in [0.15, 0.2) is 0 Å². The van der Waals surface area contributed by atoms with Gasteiger partial charge in [0.25, 0.3) is 0 Å². The highest BCUT2D eigenvalue weighted by molar-refractivity contribution is 5.77. The highest BCUT2D eigenvalue weighted by Crippen LogP contribution is 2.32. The van der Waals surface area contributed by atoms with Crippen molar-refractivity contribution in [2.45, 2.75) is 45.3 Å². The van der Waals surface area contributed by atoms with E-state index >= 15 is 0 Å². The van der Waals surface area contributed by atoms with Crippen LogP contribution in [0, 0.1) is 0 Å². The number of amides is 1. The van der Waals surface area contributed by atoms with Crippen LogP contribution in [0.3, 0.4) is 0 Å². The molecule has 0 radical (unpaired) electrons. The van der Waals surface area contributed by atoms with E-state index in [0.717, 1.165) is 39.0 Å². The molecule has 3 heteroatoms. The van der Waals surface area contributed by atoms with E-state index in [9.17, 15) is 4.79 Å². The summed E-state index contributed by atoms with van der Waals surface area (Å²) < 4.78 is 0. The van der Waals surface area contributed by atoms with Crippen LogP contribution < -0.4 is 0 Å². The van der Waals surface area contributed by atoms with Crippen molar-refractivity contribution in [3.05, 3.63) is 59.7 Å². The number of fused-ring (bicyclic) bond motifs is 3. The van der Waals surface area contributed by atoms with Crippen LogP contribution in [-0.4, -0.2) is 34.8 Å². The Balaban J connectivity index is 1.51. The lowest BCUT2D eigenvalue weighted by atomic mass is 9.97. The highest BCUT2D eigenvalue weighted by Gasteiger charge is 2.26. The summed E-state index contributed by atoms with van der Waals surface area (Å²) in [5, 5.41) is 0. The zero-order valence-corrected chi connectivity index (χ0v) is 14.9. The molecule has 0 aromatic heterocycles. The molecule has 1 fully saturated rings. The fourth-order valence-corrected chi connectivity index (χ4v) is 4.24. The predicted molar refractivity (Wildman–Crippen MR) is 101 cm³/mol. The SMILES string of the molecule is CC1CCCN1C(=O)CCN1Cc2ccccc2-c2ccccc2C1. The van der Waals surface area contributed by atoms with Crippen molar-refractivity contribution in [3.63, 3.8) is 0 Å². The molecule has 0 saturated carbocycles. The minimum atomic E-state index is 0.316. The van der Waals surface area contributed by atoms with E-state index < -0.39 is 0 Å². The molecule has 2 heterocycles. The van der Waals surface area contributed by atoms with Gasteiger partial charge >= 0.3 is 0 Å². The number of nitrogens with zero attached hydrogens (tertiary/aromatic N) is 2. The van der Waals surface area contributed by atoms with E-state index in [1.54, 1.807) is 0 Å². The summed E-state index contributed by atoms with van der Waals surface area (Å²) in [6, 6.07) is 17.7. The van der Waals surface area contributed by atoms with Gasteiger partial charge in [-0.25, -0.2) is 0 Å². The normalized spacial score (nSPS) is 20.0. The molecule has 1 atom stereocenters. The summed E-state index contributed by atoms with van der Waals surface area (Å²) in [7, 11) is 0. The van der Waals surface area contributed by atoms with Crippen LogP contribution in [0.4, 0.5) is 0 Å². The van der Waals surface area contributed by atoms with Crippen molar-refractivity contribution < 1.29 is 4.79 Å². The molecule has 2 aliphatic heterocycles. The third kappa shape index (κ3) is 3.34. The van der Waals surface area contributed by atoms with Crippen molar-refractivity contribution in [2.24, 2.45) is 0 Å². The van der Waals surface area contributed by atoms with Gasteiger partial charge in [0.1, 0.15) is 0 Å². The molecule has 0 spiro atoms. The maximum Gasteiger partial charge on any atom is 0.224 e. The standard InChI is InChI=1S/C22H26N2O/c1-17-7-6-13-24(17)22(25)12-14-23-15-18-8-2-4-10-20(18)21-11-5-3-9-19(21)16-23/h2-5,8-11,17H,6-7,12-16H2,1H3. The van der Waals surface area contributed by atoms with E-state index in [0.29, 0.717) is 18.4 Å². The average Bonchev–Trinajstić information content (AvgIpc) is 2.99. The van der Waals surface area contributed by atoms with E-state index in [1.165, 1.54) is 22.3 Å². The van der Waals surface area contributed by atoms with Crippen LogP contribution in [0.5, 0.6) is 0 Å². The van der Waals surface area contributed by atoms with Gasteiger partial charge in [-0.3, -0.25) is 9.69 Å². The number of benzene rings is 2. The molecular weight excluding hydrogens is 308 g/mol. The van der Waals surface area contributed by atoms with Gasteiger partial charge in [0.05, 0.1) is 0 Å². The summed E-state index contributed by atoms with van der Waals surface area (Å²) in [6.45, 7) is 5.75. The quantitative estimate of drug-likeness (QED) is 0.845. The molecule has 1 unspecified atom stereocenters. The van der Waals surface area contributed by atoms with Crippen LogP contribution in [0.2, 0.25) is 0 Å². The average molecular weight is 334 g/mol. The molecule has 4 rings (SSSR count). The second-order valence-electron chi connectivity index (χ2n) is 7.35. The predicted octanol–water partition coefficient (Wildman–Crippen LogP) is 4.07. The number of carbonyl (C=O) groups is 1. The Morgan fingerprint density at radius 2 is 1.60 bits per heavy atom. The summed E-state index contributed by atoms with van der Waals surface area (Å²) in [4.78, 5) is 17.1. The zero-order valence-electron chi connectivity index (χ0n) is 14.9. The molecule has 1 saturated heterocycles. The summed E-state index contributed by atoms with van der Waals surface area (Å²) in [5.41, 5.74) is 5.38. The zero-order chi connectivity index (χ0) is 17.2. The van der Waals surface area contributed by atoms with Gasteiger partial charge in [-0.2, -0.15) is 0 Å². The first kappa shape index (κ1) is 16.3. The number of likely N-dealkylation sites (tertiary alicyclic amines) is 1. The second kappa shape index (κ2) is 7.01. The van der Waals surface area contributed by atoms with E-state index in [4.69, 9.17) is 0 Å². The highest BCUT2D eigenvalue weighted by atomic mass is 16.2. The molecule has 2 aromatic carbocycles. The van der Waals surface area contributed by atoms with Gasteiger partial charge in [0.2, 0.25) is 5.91 Å². The molecule has 3 nitrogen and oxygen atoms in total. The summed E-state index contributed by atoms with van der Waals surface area (Å²) in [6.07, 6.45) is 2.92. The Hall–Kier alpha value is -2.13. The Labute approximate surface area is 150 Å². The lowest BCUT2D eigenvalue weighted by molar-refractivity contribution is -0.132. The number of carbonyl (C=O) groups excluding carboxylic acids is 1. The molecule has 2 aliphatic rings. The van der Waals surface area contributed by atoms with Crippen molar-refractivity contribution in [2.75, 3.05) is 13.1 Å². The fraction of sp³-hybridized carbons (Fsp3) is 0.409. The summed E-state index contributed by atoms with van der Waals surface area (Å²) >= 11 is 0. The Bertz CT molecular complexity index is 723. The van der Waals surface area contributed by atoms with Crippen LogP contribution >= 0.6 is 0 Å². The molecule has 2 aromatic rings. The summed E-state index contributed by atoms with van der Waals surface area (Å²) in [5.74, 6) is 0.316. The van der Waals surface area contributed by atoms with Crippen molar-refractivity contribution in [1.29, 1.82) is 0 Å². The minimum Gasteiger partial charge on any atom is -0.340 e. The van der Waals surface area contributed by atoms with Gasteiger partial charge in [-0.05, 0) is 42.0 Å². The molecule has 130 valence electrons. The molecular formula is C22H26N2O. The third-order valence-electron chi connectivity index (χ3n) is 5.63. The van der Waals surface area contributed by atoms with Gasteiger partial charge in [-0.1, -0.05) is 48.5 Å². The Morgan fingerprint density at radius 1 is 1.00 bits per heavy atom. The fourth-order valence-electron chi connectivity index (χ4n) is 4.24. The molecule has 1 amide bonds. The van der Waals surface area contributed by atoms with Crippen molar-refractivity contribution >= 4 is 5.91 Å². The van der Waals surface area contributed by atoms with E-state index in [1.807, 2.05) is 0 Å².